The van der Waals surface area contributed by atoms with Crippen LogP contribution >= 0.6 is 0 Å². The van der Waals surface area contributed by atoms with Crippen molar-refractivity contribution in [2.45, 2.75) is 19.3 Å². The van der Waals surface area contributed by atoms with E-state index in [1.54, 1.807) is 10.9 Å². The number of H-pyrrole nitrogens is 1. The zero-order chi connectivity index (χ0) is 19.1. The molecule has 1 aliphatic heterocycles. The number of pyridine rings is 2. The van der Waals surface area contributed by atoms with E-state index in [-0.39, 0.29) is 0 Å². The van der Waals surface area contributed by atoms with Crippen molar-refractivity contribution in [2.24, 2.45) is 13.0 Å². The number of nitriles is 1. The van der Waals surface area contributed by atoms with E-state index in [1.165, 1.54) is 0 Å². The van der Waals surface area contributed by atoms with Crippen LogP contribution in [0.15, 0.2) is 30.9 Å². The predicted molar refractivity (Wildman–Crippen MR) is 108 cm³/mol. The predicted octanol–water partition coefficient (Wildman–Crippen LogP) is 2.93. The molecule has 7 nitrogen and oxygen atoms in total. The number of nitrogens with one attached hydrogen (secondary N) is 2. The second-order valence-corrected chi connectivity index (χ2v) is 7.53. The molecule has 5 heterocycles. The van der Waals surface area contributed by atoms with Gasteiger partial charge in [0, 0.05) is 41.3 Å². The average Bonchev–Trinajstić information content (AvgIpc) is 3.32. The molecular weight excluding hydrogens is 350 g/mol. The summed E-state index contributed by atoms with van der Waals surface area (Å²) < 4.78 is 1.79. The first kappa shape index (κ1) is 16.9. The lowest BCUT2D eigenvalue weighted by Gasteiger charge is -2.23. The molecule has 1 saturated heterocycles. The summed E-state index contributed by atoms with van der Waals surface area (Å²) in [6.07, 6.45) is 10.6. The molecule has 0 radical (unpaired) electrons. The SMILES string of the molecule is Cn1cc(-c2cnc3[nH]c4cnc(C#N)c(CC5CCNCC5)c4c3c2)cn1. The van der Waals surface area contributed by atoms with Gasteiger partial charge in [0.05, 0.1) is 17.9 Å². The van der Waals surface area contributed by atoms with Crippen molar-refractivity contribution in [1.82, 2.24) is 30.0 Å². The fraction of sp³-hybridized carbons (Fsp3) is 0.333. The fourth-order valence-corrected chi connectivity index (χ4v) is 4.24. The first-order valence-electron chi connectivity index (χ1n) is 9.62. The maximum Gasteiger partial charge on any atom is 0.144 e. The maximum atomic E-state index is 9.69. The highest BCUT2D eigenvalue weighted by Gasteiger charge is 2.21. The highest BCUT2D eigenvalue weighted by atomic mass is 15.2. The summed E-state index contributed by atoms with van der Waals surface area (Å²) in [5.74, 6) is 0.570. The second-order valence-electron chi connectivity index (χ2n) is 7.53. The molecule has 0 saturated carbocycles. The van der Waals surface area contributed by atoms with Gasteiger partial charge in [-0.05, 0) is 49.9 Å². The lowest BCUT2D eigenvalue weighted by molar-refractivity contribution is 0.373. The molecule has 7 heteroatoms. The van der Waals surface area contributed by atoms with Crippen molar-refractivity contribution in [3.05, 3.63) is 42.1 Å². The maximum absolute atomic E-state index is 9.69. The number of rotatable bonds is 3. The van der Waals surface area contributed by atoms with Gasteiger partial charge in [-0.3, -0.25) is 4.68 Å². The quantitative estimate of drug-likeness (QED) is 0.577. The molecule has 1 fully saturated rings. The Morgan fingerprint density at radius 1 is 1.18 bits per heavy atom. The van der Waals surface area contributed by atoms with Crippen molar-refractivity contribution < 1.29 is 0 Å². The molecule has 0 bridgehead atoms. The van der Waals surface area contributed by atoms with Crippen molar-refractivity contribution >= 4 is 21.9 Å². The lowest BCUT2D eigenvalue weighted by atomic mass is 9.88. The minimum atomic E-state index is 0.527. The minimum Gasteiger partial charge on any atom is -0.338 e. The summed E-state index contributed by atoms with van der Waals surface area (Å²) in [7, 11) is 1.91. The number of hydrogen-bond acceptors (Lipinski definition) is 5. The van der Waals surface area contributed by atoms with Crippen LogP contribution in [0.2, 0.25) is 0 Å². The van der Waals surface area contributed by atoms with Crippen LogP contribution in [0.5, 0.6) is 0 Å². The molecule has 0 aliphatic carbocycles. The Labute approximate surface area is 162 Å². The minimum absolute atomic E-state index is 0.527. The molecule has 140 valence electrons. The van der Waals surface area contributed by atoms with Crippen LogP contribution < -0.4 is 5.32 Å². The number of hydrogen-bond donors (Lipinski definition) is 2. The van der Waals surface area contributed by atoms with E-state index in [2.05, 4.69) is 37.5 Å². The molecule has 0 amide bonds. The molecule has 28 heavy (non-hydrogen) atoms. The van der Waals surface area contributed by atoms with Crippen LogP contribution in [-0.2, 0) is 13.5 Å². The summed E-state index contributed by atoms with van der Waals surface area (Å²) in [6.45, 7) is 2.08. The van der Waals surface area contributed by atoms with Crippen LogP contribution in [0, 0.1) is 17.2 Å². The van der Waals surface area contributed by atoms with Gasteiger partial charge in [0.1, 0.15) is 17.4 Å². The second kappa shape index (κ2) is 6.73. The summed E-state index contributed by atoms with van der Waals surface area (Å²) in [6, 6.07) is 4.45. The van der Waals surface area contributed by atoms with Gasteiger partial charge in [-0.25, -0.2) is 9.97 Å². The molecule has 0 unspecified atom stereocenters. The number of aryl methyl sites for hydroxylation is 1. The third-order valence-corrected chi connectivity index (χ3v) is 5.69. The highest BCUT2D eigenvalue weighted by molar-refractivity contribution is 6.09. The molecule has 0 spiro atoms. The Hall–Kier alpha value is -3.24. The number of nitrogens with zero attached hydrogens (tertiary/aromatic N) is 5. The zero-order valence-corrected chi connectivity index (χ0v) is 15.7. The van der Waals surface area contributed by atoms with Crippen LogP contribution in [0.3, 0.4) is 0 Å². The fourth-order valence-electron chi connectivity index (χ4n) is 4.24. The average molecular weight is 371 g/mol. The molecule has 4 aromatic rings. The van der Waals surface area contributed by atoms with Gasteiger partial charge in [0.25, 0.3) is 0 Å². The number of piperidine rings is 1. The van der Waals surface area contributed by atoms with Crippen LogP contribution in [-0.4, -0.2) is 37.8 Å². The number of aromatic amines is 1. The summed E-state index contributed by atoms with van der Waals surface area (Å²) in [5.41, 5.74) is 5.38. The van der Waals surface area contributed by atoms with Gasteiger partial charge in [0.15, 0.2) is 0 Å². The van der Waals surface area contributed by atoms with Gasteiger partial charge in [-0.1, -0.05) is 0 Å². The Morgan fingerprint density at radius 3 is 2.79 bits per heavy atom. The van der Waals surface area contributed by atoms with E-state index in [0.29, 0.717) is 11.6 Å². The normalized spacial score (nSPS) is 15.3. The van der Waals surface area contributed by atoms with E-state index >= 15 is 0 Å². The monoisotopic (exact) mass is 371 g/mol. The zero-order valence-electron chi connectivity index (χ0n) is 15.7. The van der Waals surface area contributed by atoms with Crippen molar-refractivity contribution in [3.63, 3.8) is 0 Å². The number of aromatic nitrogens is 5. The molecule has 0 atom stereocenters. The van der Waals surface area contributed by atoms with Crippen LogP contribution in [0.25, 0.3) is 33.1 Å². The Bertz CT molecular complexity index is 1200. The van der Waals surface area contributed by atoms with E-state index in [1.807, 2.05) is 25.6 Å². The van der Waals surface area contributed by atoms with Gasteiger partial charge < -0.3 is 10.3 Å². The van der Waals surface area contributed by atoms with E-state index < -0.39 is 0 Å². The Balaban J connectivity index is 1.70. The molecule has 0 aromatic carbocycles. The first-order chi connectivity index (χ1) is 13.7. The smallest absolute Gasteiger partial charge is 0.144 e. The van der Waals surface area contributed by atoms with Crippen molar-refractivity contribution in [1.29, 1.82) is 5.26 Å². The van der Waals surface area contributed by atoms with Gasteiger partial charge in [0.2, 0.25) is 0 Å². The molecule has 1 aliphatic rings. The number of fused-ring (bicyclic) bond motifs is 3. The molecule has 4 aromatic heterocycles. The Kier molecular flexibility index (Phi) is 4.06. The summed E-state index contributed by atoms with van der Waals surface area (Å²) in [5, 5.41) is 19.5. The van der Waals surface area contributed by atoms with E-state index in [0.717, 1.165) is 71.0 Å². The standard InChI is InChI=1S/C21H21N7/c1-28-12-15(10-26-28)14-7-17-20-16(6-13-2-4-23-5-3-13)18(8-22)24-11-19(20)27-21(17)25-9-14/h7,9-13,23H,2-6H2,1H3,(H,25,27). The first-order valence-corrected chi connectivity index (χ1v) is 9.62. The van der Waals surface area contributed by atoms with E-state index in [9.17, 15) is 5.26 Å². The van der Waals surface area contributed by atoms with Gasteiger partial charge in [-0.15, -0.1) is 0 Å². The topological polar surface area (TPSA) is 95.2 Å². The van der Waals surface area contributed by atoms with Gasteiger partial charge >= 0.3 is 0 Å². The largest absolute Gasteiger partial charge is 0.338 e. The molecule has 5 rings (SSSR count). The van der Waals surface area contributed by atoms with Crippen molar-refractivity contribution in [2.75, 3.05) is 13.1 Å². The third-order valence-electron chi connectivity index (χ3n) is 5.69. The van der Waals surface area contributed by atoms with Gasteiger partial charge in [-0.2, -0.15) is 10.4 Å². The highest BCUT2D eigenvalue weighted by Crippen LogP contribution is 2.33. The molecule has 2 N–H and O–H groups in total. The summed E-state index contributed by atoms with van der Waals surface area (Å²) >= 11 is 0. The Morgan fingerprint density at radius 2 is 2.04 bits per heavy atom. The van der Waals surface area contributed by atoms with Crippen LogP contribution in [0.4, 0.5) is 0 Å². The van der Waals surface area contributed by atoms with Crippen molar-refractivity contribution in [3.8, 4) is 17.2 Å². The molecular formula is C21H21N7. The lowest BCUT2D eigenvalue weighted by Crippen LogP contribution is -2.28. The van der Waals surface area contributed by atoms with Crippen LogP contribution in [0.1, 0.15) is 24.1 Å². The summed E-state index contributed by atoms with van der Waals surface area (Å²) in [4.78, 5) is 12.4. The third kappa shape index (κ3) is 2.83. The van der Waals surface area contributed by atoms with E-state index in [4.69, 9.17) is 0 Å².